The summed E-state index contributed by atoms with van der Waals surface area (Å²) in [6, 6.07) is 10.4. The van der Waals surface area contributed by atoms with E-state index >= 15 is 0 Å². The predicted octanol–water partition coefficient (Wildman–Crippen LogP) is 4.51. The molecule has 1 unspecified atom stereocenters. The number of aromatic nitrogens is 2. The first-order valence-electron chi connectivity index (χ1n) is 7.72. The summed E-state index contributed by atoms with van der Waals surface area (Å²) in [5, 5.41) is 9.87. The molecule has 2 rings (SSSR count). The topological polar surface area (TPSA) is 46.0 Å². The van der Waals surface area contributed by atoms with Crippen molar-refractivity contribution in [3.63, 3.8) is 0 Å². The standard InChI is InChI=1S/C18H24N2O/c1-4-5-7-12-16(15-10-8-6-9-11-15)18-19-13(2)17(21)14(3)20-18/h6,8-11,16,21H,4-5,7,12H2,1-3H3. The molecule has 0 bridgehead atoms. The number of nitrogens with zero attached hydrogens (tertiary/aromatic N) is 2. The van der Waals surface area contributed by atoms with E-state index in [9.17, 15) is 5.11 Å². The number of rotatable bonds is 6. The number of benzene rings is 1. The Bertz CT molecular complexity index is 558. The molecule has 0 aliphatic heterocycles. The van der Waals surface area contributed by atoms with Crippen molar-refractivity contribution in [2.75, 3.05) is 0 Å². The number of aryl methyl sites for hydroxylation is 2. The normalized spacial score (nSPS) is 12.3. The van der Waals surface area contributed by atoms with Gasteiger partial charge in [0.05, 0.1) is 11.4 Å². The van der Waals surface area contributed by atoms with Gasteiger partial charge in [-0.3, -0.25) is 0 Å². The molecule has 0 fully saturated rings. The van der Waals surface area contributed by atoms with E-state index in [0.29, 0.717) is 11.4 Å². The van der Waals surface area contributed by atoms with Crippen LogP contribution in [0.25, 0.3) is 0 Å². The highest BCUT2D eigenvalue weighted by Gasteiger charge is 2.19. The number of unbranched alkanes of at least 4 members (excludes halogenated alkanes) is 2. The summed E-state index contributed by atoms with van der Waals surface area (Å²) in [4.78, 5) is 9.06. The third-order valence-corrected chi connectivity index (χ3v) is 3.86. The van der Waals surface area contributed by atoms with Gasteiger partial charge in [-0.25, -0.2) is 9.97 Å². The molecule has 1 heterocycles. The first-order chi connectivity index (χ1) is 10.1. The summed E-state index contributed by atoms with van der Waals surface area (Å²) in [5.74, 6) is 1.24. The van der Waals surface area contributed by atoms with Crippen LogP contribution in [0.4, 0.5) is 0 Å². The van der Waals surface area contributed by atoms with Gasteiger partial charge in [0.2, 0.25) is 0 Å². The maximum absolute atomic E-state index is 9.87. The number of hydrogen-bond donors (Lipinski definition) is 1. The second kappa shape index (κ2) is 7.21. The number of aromatic hydroxyl groups is 1. The minimum absolute atomic E-state index is 0.204. The van der Waals surface area contributed by atoms with Gasteiger partial charge in [0, 0.05) is 5.92 Å². The van der Waals surface area contributed by atoms with Crippen molar-refractivity contribution in [3.8, 4) is 5.75 Å². The zero-order valence-corrected chi connectivity index (χ0v) is 13.1. The van der Waals surface area contributed by atoms with E-state index in [2.05, 4.69) is 41.2 Å². The van der Waals surface area contributed by atoms with Crippen molar-refractivity contribution < 1.29 is 5.11 Å². The van der Waals surface area contributed by atoms with E-state index in [1.807, 2.05) is 19.9 Å². The molecule has 1 aromatic heterocycles. The third kappa shape index (κ3) is 3.81. The lowest BCUT2D eigenvalue weighted by Gasteiger charge is -2.17. The lowest BCUT2D eigenvalue weighted by atomic mass is 9.92. The Morgan fingerprint density at radius 3 is 2.19 bits per heavy atom. The van der Waals surface area contributed by atoms with Crippen LogP contribution in [0.15, 0.2) is 30.3 Å². The summed E-state index contributed by atoms with van der Waals surface area (Å²) in [5.41, 5.74) is 2.57. The van der Waals surface area contributed by atoms with E-state index < -0.39 is 0 Å². The average Bonchev–Trinajstić information content (AvgIpc) is 2.50. The van der Waals surface area contributed by atoms with Crippen molar-refractivity contribution in [3.05, 3.63) is 53.1 Å². The lowest BCUT2D eigenvalue weighted by molar-refractivity contribution is 0.455. The van der Waals surface area contributed by atoms with Crippen LogP contribution in [-0.4, -0.2) is 15.1 Å². The van der Waals surface area contributed by atoms with Gasteiger partial charge in [-0.1, -0.05) is 56.5 Å². The Hall–Kier alpha value is -1.90. The zero-order chi connectivity index (χ0) is 15.2. The summed E-state index contributed by atoms with van der Waals surface area (Å²) in [6.45, 7) is 5.88. The van der Waals surface area contributed by atoms with Crippen molar-refractivity contribution in [1.82, 2.24) is 9.97 Å². The molecule has 0 saturated heterocycles. The first-order valence-corrected chi connectivity index (χ1v) is 7.72. The molecule has 0 aliphatic carbocycles. The molecule has 0 saturated carbocycles. The van der Waals surface area contributed by atoms with Crippen molar-refractivity contribution in [2.24, 2.45) is 0 Å². The van der Waals surface area contributed by atoms with Gasteiger partial charge in [0.25, 0.3) is 0 Å². The van der Waals surface area contributed by atoms with E-state index in [1.165, 1.54) is 24.8 Å². The Morgan fingerprint density at radius 2 is 1.62 bits per heavy atom. The minimum Gasteiger partial charge on any atom is -0.504 e. The fourth-order valence-corrected chi connectivity index (χ4v) is 2.62. The van der Waals surface area contributed by atoms with Gasteiger partial charge in [-0.05, 0) is 25.8 Å². The molecule has 3 nitrogen and oxygen atoms in total. The summed E-state index contributed by atoms with van der Waals surface area (Å²) in [6.07, 6.45) is 4.63. The highest BCUT2D eigenvalue weighted by atomic mass is 16.3. The molecule has 112 valence electrons. The molecule has 21 heavy (non-hydrogen) atoms. The first kappa shape index (κ1) is 15.5. The Labute approximate surface area is 127 Å². The van der Waals surface area contributed by atoms with E-state index in [4.69, 9.17) is 0 Å². The molecular weight excluding hydrogens is 260 g/mol. The van der Waals surface area contributed by atoms with Crippen LogP contribution >= 0.6 is 0 Å². The highest BCUT2D eigenvalue weighted by molar-refractivity contribution is 5.33. The van der Waals surface area contributed by atoms with Crippen LogP contribution in [0.3, 0.4) is 0 Å². The van der Waals surface area contributed by atoms with Crippen LogP contribution in [0, 0.1) is 13.8 Å². The van der Waals surface area contributed by atoms with Crippen LogP contribution < -0.4 is 0 Å². The van der Waals surface area contributed by atoms with Crippen LogP contribution in [-0.2, 0) is 0 Å². The summed E-state index contributed by atoms with van der Waals surface area (Å²) in [7, 11) is 0. The molecule has 1 atom stereocenters. The molecule has 2 aromatic rings. The highest BCUT2D eigenvalue weighted by Crippen LogP contribution is 2.30. The van der Waals surface area contributed by atoms with Gasteiger partial charge in [0.15, 0.2) is 5.75 Å². The summed E-state index contributed by atoms with van der Waals surface area (Å²) < 4.78 is 0. The lowest BCUT2D eigenvalue weighted by Crippen LogP contribution is -2.09. The molecule has 0 radical (unpaired) electrons. The van der Waals surface area contributed by atoms with E-state index in [0.717, 1.165) is 12.2 Å². The molecule has 0 aliphatic rings. The Kier molecular flexibility index (Phi) is 5.32. The van der Waals surface area contributed by atoms with Crippen LogP contribution in [0.5, 0.6) is 5.75 Å². The Morgan fingerprint density at radius 1 is 1.00 bits per heavy atom. The maximum atomic E-state index is 9.87. The molecular formula is C18H24N2O. The molecule has 1 aromatic carbocycles. The van der Waals surface area contributed by atoms with Gasteiger partial charge >= 0.3 is 0 Å². The molecule has 1 N–H and O–H groups in total. The fraction of sp³-hybridized carbons (Fsp3) is 0.444. The van der Waals surface area contributed by atoms with Gasteiger partial charge < -0.3 is 5.11 Å². The molecule has 0 amide bonds. The smallest absolute Gasteiger partial charge is 0.158 e. The van der Waals surface area contributed by atoms with Crippen molar-refractivity contribution in [1.29, 1.82) is 0 Å². The van der Waals surface area contributed by atoms with Crippen LogP contribution in [0.1, 0.15) is 61.3 Å². The van der Waals surface area contributed by atoms with Crippen LogP contribution in [0.2, 0.25) is 0 Å². The monoisotopic (exact) mass is 284 g/mol. The molecule has 0 spiro atoms. The SMILES string of the molecule is CCCCCC(c1ccccc1)c1nc(C)c(O)c(C)n1. The third-order valence-electron chi connectivity index (χ3n) is 3.86. The second-order valence-electron chi connectivity index (χ2n) is 5.56. The van der Waals surface area contributed by atoms with Gasteiger partial charge in [-0.2, -0.15) is 0 Å². The van der Waals surface area contributed by atoms with Crippen molar-refractivity contribution >= 4 is 0 Å². The maximum Gasteiger partial charge on any atom is 0.158 e. The molecule has 3 heteroatoms. The van der Waals surface area contributed by atoms with Gasteiger partial charge in [0.1, 0.15) is 5.82 Å². The second-order valence-corrected chi connectivity index (χ2v) is 5.56. The Balaban J connectivity index is 2.35. The quantitative estimate of drug-likeness (QED) is 0.794. The fourth-order valence-electron chi connectivity index (χ4n) is 2.62. The summed E-state index contributed by atoms with van der Waals surface area (Å²) >= 11 is 0. The number of hydrogen-bond acceptors (Lipinski definition) is 3. The van der Waals surface area contributed by atoms with E-state index in [1.54, 1.807) is 0 Å². The predicted molar refractivity (Wildman–Crippen MR) is 85.6 cm³/mol. The largest absolute Gasteiger partial charge is 0.504 e. The van der Waals surface area contributed by atoms with E-state index in [-0.39, 0.29) is 11.7 Å². The zero-order valence-electron chi connectivity index (χ0n) is 13.1. The van der Waals surface area contributed by atoms with Gasteiger partial charge in [-0.15, -0.1) is 0 Å². The van der Waals surface area contributed by atoms with Crippen molar-refractivity contribution in [2.45, 2.75) is 52.4 Å². The average molecular weight is 284 g/mol. The minimum atomic E-state index is 0.204.